The van der Waals surface area contributed by atoms with Crippen molar-refractivity contribution in [3.05, 3.63) is 114 Å². The van der Waals surface area contributed by atoms with Gasteiger partial charge in [0.2, 0.25) is 0 Å². The molecule has 8 nitrogen and oxygen atoms in total. The minimum Gasteiger partial charge on any atom is -0.875 e. The van der Waals surface area contributed by atoms with Crippen molar-refractivity contribution in [2.75, 3.05) is 0 Å². The maximum absolute atomic E-state index is 11.4. The molecule has 3 aromatic rings. The summed E-state index contributed by atoms with van der Waals surface area (Å²) in [5, 5.41) is 15.5. The zero-order valence-electron chi connectivity index (χ0n) is 21.0. The van der Waals surface area contributed by atoms with E-state index in [1.54, 1.807) is 49.1 Å². The first-order chi connectivity index (χ1) is 17.2. The molecule has 9 heteroatoms. The molecule has 0 fully saturated rings. The number of para-hydroxylation sites is 2. The van der Waals surface area contributed by atoms with Crippen LogP contribution in [0.15, 0.2) is 114 Å². The van der Waals surface area contributed by atoms with Crippen molar-refractivity contribution < 1.29 is 36.6 Å². The van der Waals surface area contributed by atoms with Crippen molar-refractivity contribution in [1.82, 2.24) is 9.97 Å². The first-order valence-corrected chi connectivity index (χ1v) is 10.9. The van der Waals surface area contributed by atoms with Gasteiger partial charge in [-0.3, -0.25) is 29.3 Å². The molecular weight excluding hydrogens is 512 g/mol. The third-order valence-electron chi connectivity index (χ3n) is 4.20. The predicted octanol–water partition coefficient (Wildman–Crippen LogP) is 4.84. The zero-order valence-corrected chi connectivity index (χ0v) is 22.1. The molecule has 0 amide bonds. The van der Waals surface area contributed by atoms with Gasteiger partial charge in [-0.05, 0) is 51.1 Å². The van der Waals surface area contributed by atoms with E-state index >= 15 is 0 Å². The van der Waals surface area contributed by atoms with Gasteiger partial charge in [-0.1, -0.05) is 37.3 Å². The van der Waals surface area contributed by atoms with Gasteiger partial charge in [0.05, 0.1) is 0 Å². The van der Waals surface area contributed by atoms with Crippen molar-refractivity contribution >= 4 is 34.9 Å². The second kappa shape index (κ2) is 19.0. The Morgan fingerprint density at radius 3 is 1.59 bits per heavy atom. The number of carbonyl (C=O) groups is 3. The first kappa shape index (κ1) is 32.8. The number of nitrogens with zero attached hydrogens (tertiary/aromatic N) is 4. The minimum atomic E-state index is -0.379. The number of aliphatic imine (C=N–C) groups is 1. The first-order valence-electron chi connectivity index (χ1n) is 10.9. The molecule has 192 valence electrons. The third-order valence-corrected chi connectivity index (χ3v) is 4.20. The molecule has 1 aromatic carbocycles. The molecule has 0 saturated carbocycles. The van der Waals surface area contributed by atoms with Crippen LogP contribution < -0.4 is 5.11 Å². The molecule has 0 spiro atoms. The average Bonchev–Trinajstić information content (AvgIpc) is 2.87. The van der Waals surface area contributed by atoms with Crippen LogP contribution in [-0.4, -0.2) is 33.5 Å². The van der Waals surface area contributed by atoms with Crippen LogP contribution in [0.25, 0.3) is 5.32 Å². The molecule has 3 rings (SSSR count). The van der Waals surface area contributed by atoms with E-state index in [2.05, 4.69) is 20.3 Å². The van der Waals surface area contributed by atoms with Crippen LogP contribution in [0.1, 0.15) is 27.7 Å². The maximum atomic E-state index is 11.4. The number of rotatable bonds is 7. The third kappa shape index (κ3) is 14.1. The Morgan fingerprint density at radius 2 is 1.24 bits per heavy atom. The molecule has 0 atom stereocenters. The van der Waals surface area contributed by atoms with E-state index in [1.165, 1.54) is 40.1 Å². The molecule has 37 heavy (non-hydrogen) atoms. The zero-order chi connectivity index (χ0) is 26.8. The molecule has 0 bridgehead atoms. The Balaban J connectivity index is 0.000000804. The summed E-state index contributed by atoms with van der Waals surface area (Å²) in [6.07, 6.45) is 9.39. The number of allylic oxidation sites excluding steroid dienone is 3. The van der Waals surface area contributed by atoms with E-state index < -0.39 is 0 Å². The van der Waals surface area contributed by atoms with Crippen LogP contribution in [0.2, 0.25) is 0 Å². The molecule has 0 N–H and O–H groups in total. The second-order valence-electron chi connectivity index (χ2n) is 7.11. The largest absolute Gasteiger partial charge is 2.00 e. The van der Waals surface area contributed by atoms with Gasteiger partial charge in [0.1, 0.15) is 0 Å². The topological polar surface area (TPSA) is 127 Å². The fraction of sp³-hybridized carbons (Fsp3) is 0.143. The van der Waals surface area contributed by atoms with E-state index in [-0.39, 0.29) is 51.3 Å². The number of ketones is 3. The quantitative estimate of drug-likeness (QED) is 0.105. The number of aromatic nitrogens is 2. The van der Waals surface area contributed by atoms with E-state index in [1.807, 2.05) is 36.4 Å². The van der Waals surface area contributed by atoms with Gasteiger partial charge in [-0.2, -0.15) is 6.20 Å². The Hall–Kier alpha value is -4.20. The number of Topliss-reactive ketones (excluding diaryl/α,β-unsaturated/α-hetero) is 3. The molecule has 0 aliphatic carbocycles. The summed E-state index contributed by atoms with van der Waals surface area (Å²) < 4.78 is 0. The number of carbonyl (C=O) groups excluding carboxylic acids is 3. The standard InChI is InChI=1S/C18H20N2O4.2C5H5N.Fe/c1-11(21)15(12(2)22)9-19-17-7-5-6-8-18(17)20-10-16(13(3)23)14(4)24;2*1-2-4-6-5-3-1;/h5-10H,1-4H3,(H2,19,20,21,22,23,24);2*1-5H;/q;;;+2/p-2. The molecule has 0 radical (unpaired) electrons. The van der Waals surface area contributed by atoms with Crippen molar-refractivity contribution in [3.63, 3.8) is 0 Å². The molecule has 0 unspecified atom stereocenters. The van der Waals surface area contributed by atoms with E-state index in [4.69, 9.17) is 0 Å². The van der Waals surface area contributed by atoms with Crippen LogP contribution in [-0.2, 0) is 31.5 Å². The van der Waals surface area contributed by atoms with Gasteiger partial charge in [0.25, 0.3) is 0 Å². The van der Waals surface area contributed by atoms with Crippen molar-refractivity contribution in [1.29, 1.82) is 0 Å². The van der Waals surface area contributed by atoms with Gasteiger partial charge in [0.15, 0.2) is 17.3 Å². The van der Waals surface area contributed by atoms with E-state index in [9.17, 15) is 19.5 Å². The summed E-state index contributed by atoms with van der Waals surface area (Å²) >= 11 is 0. The number of pyridine rings is 2. The Labute approximate surface area is 227 Å². The Bertz CT molecular complexity index is 1110. The van der Waals surface area contributed by atoms with Crippen molar-refractivity contribution in [2.45, 2.75) is 27.7 Å². The molecule has 0 saturated heterocycles. The van der Waals surface area contributed by atoms with Crippen LogP contribution in [0.5, 0.6) is 0 Å². The van der Waals surface area contributed by atoms with Crippen LogP contribution in [0.4, 0.5) is 11.4 Å². The maximum Gasteiger partial charge on any atom is 2.00 e. The fourth-order valence-electron chi connectivity index (χ4n) is 2.44. The fourth-order valence-corrected chi connectivity index (χ4v) is 2.44. The van der Waals surface area contributed by atoms with Gasteiger partial charge in [0, 0.05) is 47.8 Å². The Kier molecular flexibility index (Phi) is 16.9. The van der Waals surface area contributed by atoms with E-state index in [0.717, 1.165) is 0 Å². The van der Waals surface area contributed by atoms with Crippen LogP contribution in [0.3, 0.4) is 0 Å². The number of hydrogen-bond donors (Lipinski definition) is 0. The SMILES string of the molecule is CC(=O)C(=C[N-]c1ccccc1N=C/C(C(C)=O)=C(/C)[O-])C(C)=O.[Fe+2].c1ccncc1.c1ccncc1. The van der Waals surface area contributed by atoms with E-state index in [0.29, 0.717) is 11.4 Å². The smallest absolute Gasteiger partial charge is 0.875 e. The molecule has 0 aliphatic heterocycles. The van der Waals surface area contributed by atoms with Crippen molar-refractivity contribution in [2.24, 2.45) is 4.99 Å². The average molecular weight is 540 g/mol. The van der Waals surface area contributed by atoms with Gasteiger partial charge in [-0.15, -0.1) is 11.4 Å². The summed E-state index contributed by atoms with van der Waals surface area (Å²) in [7, 11) is 0. The summed E-state index contributed by atoms with van der Waals surface area (Å²) in [4.78, 5) is 45.9. The Morgan fingerprint density at radius 1 is 0.757 bits per heavy atom. The summed E-state index contributed by atoms with van der Waals surface area (Å²) in [6.45, 7) is 5.14. The minimum absolute atomic E-state index is 0. The van der Waals surface area contributed by atoms with Crippen LogP contribution >= 0.6 is 0 Å². The van der Waals surface area contributed by atoms with Gasteiger partial charge < -0.3 is 10.4 Å². The molecular formula is C28H28FeN4O4. The number of hydrogen-bond acceptors (Lipinski definition) is 7. The molecule has 2 aromatic heterocycles. The summed E-state index contributed by atoms with van der Waals surface area (Å²) in [5.74, 6) is -1.51. The van der Waals surface area contributed by atoms with Gasteiger partial charge in [-0.25, -0.2) is 0 Å². The van der Waals surface area contributed by atoms with Gasteiger partial charge >= 0.3 is 17.1 Å². The monoisotopic (exact) mass is 540 g/mol. The normalized spacial score (nSPS) is 10.2. The summed E-state index contributed by atoms with van der Waals surface area (Å²) in [6, 6.07) is 18.1. The predicted molar refractivity (Wildman–Crippen MR) is 139 cm³/mol. The second-order valence-corrected chi connectivity index (χ2v) is 7.11. The van der Waals surface area contributed by atoms with Crippen LogP contribution in [0, 0.1) is 0 Å². The summed E-state index contributed by atoms with van der Waals surface area (Å²) in [5.41, 5.74) is 0.766. The molecule has 0 aliphatic rings. The number of benzene rings is 1. The van der Waals surface area contributed by atoms with Crippen molar-refractivity contribution in [3.8, 4) is 0 Å². The molecule has 2 heterocycles.